The van der Waals surface area contributed by atoms with Gasteiger partial charge in [0.05, 0.1) is 19.3 Å². The van der Waals surface area contributed by atoms with Crippen molar-refractivity contribution in [3.8, 4) is 11.5 Å². The summed E-state index contributed by atoms with van der Waals surface area (Å²) in [6.07, 6.45) is 0.168. The fourth-order valence-corrected chi connectivity index (χ4v) is 2.03. The second-order valence-corrected chi connectivity index (χ2v) is 5.17. The molecule has 5 nitrogen and oxygen atoms in total. The van der Waals surface area contributed by atoms with Crippen LogP contribution in [0.3, 0.4) is 0 Å². The average Bonchev–Trinajstić information content (AvgIpc) is 2.41. The minimum Gasteiger partial charge on any atom is -0.494 e. The van der Waals surface area contributed by atoms with E-state index in [1.807, 2.05) is 38.1 Å². The molecule has 1 aromatic rings. The van der Waals surface area contributed by atoms with Crippen molar-refractivity contribution in [3.05, 3.63) is 24.3 Å². The summed E-state index contributed by atoms with van der Waals surface area (Å²) in [7, 11) is 0. The van der Waals surface area contributed by atoms with Gasteiger partial charge in [0.25, 0.3) is 0 Å². The Morgan fingerprint density at radius 2 is 1.76 bits per heavy atom. The third-order valence-corrected chi connectivity index (χ3v) is 2.93. The van der Waals surface area contributed by atoms with Crippen molar-refractivity contribution >= 4 is 5.97 Å². The number of nitrogens with two attached hydrogens (primary N) is 1. The van der Waals surface area contributed by atoms with Crippen molar-refractivity contribution in [2.45, 2.75) is 45.8 Å². The lowest BCUT2D eigenvalue weighted by Gasteiger charge is -2.26. The van der Waals surface area contributed by atoms with Crippen LogP contribution in [0.25, 0.3) is 0 Å². The van der Waals surface area contributed by atoms with Crippen molar-refractivity contribution in [2.75, 3.05) is 13.2 Å². The van der Waals surface area contributed by atoms with E-state index in [9.17, 15) is 4.79 Å². The Morgan fingerprint density at radius 1 is 1.19 bits per heavy atom. The van der Waals surface area contributed by atoms with Crippen molar-refractivity contribution in [1.82, 2.24) is 0 Å². The summed E-state index contributed by atoms with van der Waals surface area (Å²) in [5.74, 6) is 1.10. The molecule has 0 heterocycles. The van der Waals surface area contributed by atoms with Gasteiger partial charge in [-0.25, -0.2) is 0 Å². The van der Waals surface area contributed by atoms with E-state index in [1.165, 1.54) is 0 Å². The van der Waals surface area contributed by atoms with Crippen LogP contribution in [0.4, 0.5) is 0 Å². The highest BCUT2D eigenvalue weighted by atomic mass is 16.5. The number of carbonyl (C=O) groups excluding carboxylic acids is 1. The summed E-state index contributed by atoms with van der Waals surface area (Å²) in [4.78, 5) is 11.7. The maximum Gasteiger partial charge on any atom is 0.325 e. The lowest BCUT2D eigenvalue weighted by atomic mass is 9.96. The monoisotopic (exact) mass is 295 g/mol. The van der Waals surface area contributed by atoms with E-state index in [0.717, 1.165) is 5.75 Å². The number of hydrogen-bond acceptors (Lipinski definition) is 5. The molecule has 0 saturated heterocycles. The van der Waals surface area contributed by atoms with E-state index in [0.29, 0.717) is 25.4 Å². The summed E-state index contributed by atoms with van der Waals surface area (Å²) in [6.45, 7) is 8.17. The topological polar surface area (TPSA) is 70.8 Å². The van der Waals surface area contributed by atoms with Crippen LogP contribution in [0.5, 0.6) is 11.5 Å². The molecule has 0 aliphatic heterocycles. The molecule has 21 heavy (non-hydrogen) atoms. The lowest BCUT2D eigenvalue weighted by molar-refractivity contribution is -0.149. The molecule has 118 valence electrons. The number of benzene rings is 1. The lowest BCUT2D eigenvalue weighted by Crippen LogP contribution is -2.49. The van der Waals surface area contributed by atoms with Crippen LogP contribution in [0.1, 0.15) is 34.1 Å². The minimum atomic E-state index is -1.05. The smallest absolute Gasteiger partial charge is 0.325 e. The molecule has 1 rings (SSSR count). The zero-order valence-corrected chi connectivity index (χ0v) is 13.2. The van der Waals surface area contributed by atoms with Gasteiger partial charge in [0.15, 0.2) is 0 Å². The highest BCUT2D eigenvalue weighted by Gasteiger charge is 2.32. The van der Waals surface area contributed by atoms with Crippen molar-refractivity contribution in [2.24, 2.45) is 5.73 Å². The molecule has 0 amide bonds. The average molecular weight is 295 g/mol. The number of esters is 1. The van der Waals surface area contributed by atoms with Crippen LogP contribution < -0.4 is 15.2 Å². The van der Waals surface area contributed by atoms with E-state index in [2.05, 4.69) is 0 Å². The van der Waals surface area contributed by atoms with E-state index in [4.69, 9.17) is 19.9 Å². The number of carbonyl (C=O) groups is 1. The van der Waals surface area contributed by atoms with Crippen molar-refractivity contribution < 1.29 is 19.0 Å². The molecule has 2 unspecified atom stereocenters. The van der Waals surface area contributed by atoms with E-state index >= 15 is 0 Å². The van der Waals surface area contributed by atoms with Gasteiger partial charge < -0.3 is 19.9 Å². The third kappa shape index (κ3) is 5.63. The van der Waals surface area contributed by atoms with Gasteiger partial charge in [-0.15, -0.1) is 0 Å². The second-order valence-electron chi connectivity index (χ2n) is 5.17. The summed E-state index contributed by atoms with van der Waals surface area (Å²) in [5, 5.41) is 0. The van der Waals surface area contributed by atoms with Gasteiger partial charge in [0.1, 0.15) is 17.0 Å². The first-order valence-corrected chi connectivity index (χ1v) is 7.24. The van der Waals surface area contributed by atoms with Gasteiger partial charge in [0, 0.05) is 6.42 Å². The molecule has 0 aliphatic rings. The van der Waals surface area contributed by atoms with E-state index in [-0.39, 0.29) is 6.10 Å². The molecule has 0 radical (unpaired) electrons. The molecule has 0 spiro atoms. The minimum absolute atomic E-state index is 0.206. The van der Waals surface area contributed by atoms with Gasteiger partial charge in [-0.3, -0.25) is 4.79 Å². The Bertz CT molecular complexity index is 442. The maximum absolute atomic E-state index is 11.7. The summed E-state index contributed by atoms with van der Waals surface area (Å²) >= 11 is 0. The summed E-state index contributed by atoms with van der Waals surface area (Å²) < 4.78 is 16.1. The highest BCUT2D eigenvalue weighted by Crippen LogP contribution is 2.21. The molecular formula is C16H25NO4. The Labute approximate surface area is 126 Å². The summed E-state index contributed by atoms with van der Waals surface area (Å²) in [6, 6.07) is 7.36. The molecule has 0 aromatic heterocycles. The molecule has 0 fully saturated rings. The molecule has 1 aromatic carbocycles. The fourth-order valence-electron chi connectivity index (χ4n) is 2.03. The van der Waals surface area contributed by atoms with Gasteiger partial charge in [-0.1, -0.05) is 0 Å². The molecule has 0 saturated carbocycles. The molecular weight excluding hydrogens is 270 g/mol. The predicted molar refractivity (Wildman–Crippen MR) is 81.5 cm³/mol. The van der Waals surface area contributed by atoms with Crippen LogP contribution in [0, 0.1) is 0 Å². The Balaban J connectivity index is 2.56. The van der Waals surface area contributed by atoms with Crippen LogP contribution in [-0.2, 0) is 9.53 Å². The standard InChI is InChI=1S/C16H25NO4/c1-5-19-13-7-9-14(10-8-13)21-12(3)11-16(4,17)15(18)20-6-2/h7-10,12H,5-6,11,17H2,1-4H3. The van der Waals surface area contributed by atoms with Crippen molar-refractivity contribution in [3.63, 3.8) is 0 Å². The van der Waals surface area contributed by atoms with Crippen molar-refractivity contribution in [1.29, 1.82) is 0 Å². The van der Waals surface area contributed by atoms with Gasteiger partial charge in [-0.2, -0.15) is 0 Å². The quantitative estimate of drug-likeness (QED) is 0.746. The Kier molecular flexibility index (Phi) is 6.49. The van der Waals surface area contributed by atoms with Gasteiger partial charge >= 0.3 is 5.97 Å². The van der Waals surface area contributed by atoms with E-state index in [1.54, 1.807) is 13.8 Å². The number of rotatable bonds is 8. The largest absolute Gasteiger partial charge is 0.494 e. The van der Waals surface area contributed by atoms with Crippen LogP contribution in [-0.4, -0.2) is 30.8 Å². The molecule has 0 aliphatic carbocycles. The first-order chi connectivity index (χ1) is 9.89. The SMILES string of the molecule is CCOC(=O)C(C)(N)CC(C)Oc1ccc(OCC)cc1. The maximum atomic E-state index is 11.7. The van der Waals surface area contributed by atoms with E-state index < -0.39 is 11.5 Å². The molecule has 2 atom stereocenters. The first kappa shape index (κ1) is 17.3. The number of hydrogen-bond donors (Lipinski definition) is 1. The van der Waals surface area contributed by atoms with Crippen LogP contribution >= 0.6 is 0 Å². The molecule has 5 heteroatoms. The normalized spacial score (nSPS) is 14.9. The number of ether oxygens (including phenoxy) is 3. The van der Waals surface area contributed by atoms with Gasteiger partial charge in [0.2, 0.25) is 0 Å². The zero-order valence-electron chi connectivity index (χ0n) is 13.2. The van der Waals surface area contributed by atoms with Gasteiger partial charge in [-0.05, 0) is 52.0 Å². The predicted octanol–water partition coefficient (Wildman–Crippen LogP) is 2.52. The highest BCUT2D eigenvalue weighted by molar-refractivity contribution is 5.80. The van der Waals surface area contributed by atoms with Crippen LogP contribution in [0.2, 0.25) is 0 Å². The van der Waals surface area contributed by atoms with Crippen LogP contribution in [0.15, 0.2) is 24.3 Å². The molecule has 0 bridgehead atoms. The Morgan fingerprint density at radius 3 is 2.29 bits per heavy atom. The third-order valence-electron chi connectivity index (χ3n) is 2.93. The molecule has 2 N–H and O–H groups in total. The Hall–Kier alpha value is -1.75. The fraction of sp³-hybridized carbons (Fsp3) is 0.562. The first-order valence-electron chi connectivity index (χ1n) is 7.24. The second kappa shape index (κ2) is 7.88. The summed E-state index contributed by atoms with van der Waals surface area (Å²) in [5.41, 5.74) is 4.94. The zero-order chi connectivity index (χ0) is 15.9.